The highest BCUT2D eigenvalue weighted by molar-refractivity contribution is 5.99. The number of hydrogen-bond donors (Lipinski definition) is 2. The maximum Gasteiger partial charge on any atom is 0.251 e. The normalized spacial score (nSPS) is 10.1. The monoisotopic (exact) mass is 394 g/mol. The lowest BCUT2D eigenvalue weighted by molar-refractivity contribution is 0.0166. The van der Waals surface area contributed by atoms with E-state index in [0.717, 1.165) is 0 Å². The molecule has 11 heteroatoms. The summed E-state index contributed by atoms with van der Waals surface area (Å²) in [4.78, 5) is 36.4. The van der Waals surface area contributed by atoms with E-state index in [4.69, 9.17) is 19.7 Å². The molecular formula is C17H22N4O7. The lowest BCUT2D eigenvalue weighted by atomic mass is 10.0. The number of carbonyl (C=O) groups is 3. The predicted octanol–water partition coefficient (Wildman–Crippen LogP) is 1.11. The first kappa shape index (κ1) is 23.1. The molecule has 0 aliphatic heterocycles. The summed E-state index contributed by atoms with van der Waals surface area (Å²) in [7, 11) is 0. The Morgan fingerprint density at radius 2 is 1.57 bits per heavy atom. The number of nitrogens with one attached hydrogen (secondary N) is 1. The number of rotatable bonds is 15. The quantitative estimate of drug-likeness (QED) is 0.148. The minimum Gasteiger partial charge on any atom is -0.506 e. The van der Waals surface area contributed by atoms with E-state index >= 15 is 0 Å². The molecule has 0 aromatic heterocycles. The summed E-state index contributed by atoms with van der Waals surface area (Å²) in [5.41, 5.74) is 7.90. The molecule has 11 nitrogen and oxygen atoms in total. The Morgan fingerprint density at radius 3 is 2.11 bits per heavy atom. The van der Waals surface area contributed by atoms with E-state index in [0.29, 0.717) is 45.6 Å². The van der Waals surface area contributed by atoms with E-state index in [1.54, 1.807) is 0 Å². The number of nitrogens with zero attached hydrogens (tertiary/aromatic N) is 3. The van der Waals surface area contributed by atoms with Crippen molar-refractivity contribution in [1.29, 1.82) is 0 Å². The summed E-state index contributed by atoms with van der Waals surface area (Å²) in [5, 5.41) is 15.6. The highest BCUT2D eigenvalue weighted by atomic mass is 16.5. The van der Waals surface area contributed by atoms with Gasteiger partial charge in [-0.05, 0) is 17.7 Å². The Labute approximate surface area is 161 Å². The first-order valence-electron chi connectivity index (χ1n) is 8.43. The van der Waals surface area contributed by atoms with E-state index in [-0.39, 0.29) is 36.4 Å². The molecular weight excluding hydrogens is 372 g/mol. The van der Waals surface area contributed by atoms with Gasteiger partial charge in [-0.2, -0.15) is 0 Å². The zero-order chi connectivity index (χ0) is 20.6. The molecule has 0 saturated carbocycles. The largest absolute Gasteiger partial charge is 0.506 e. The summed E-state index contributed by atoms with van der Waals surface area (Å²) < 4.78 is 15.7. The lowest BCUT2D eigenvalue weighted by Crippen LogP contribution is -2.28. The third-order valence-corrected chi connectivity index (χ3v) is 3.36. The van der Waals surface area contributed by atoms with Gasteiger partial charge in [0.25, 0.3) is 5.91 Å². The lowest BCUT2D eigenvalue weighted by Gasteiger charge is -2.09. The molecule has 0 saturated heterocycles. The zero-order valence-electron chi connectivity index (χ0n) is 15.2. The van der Waals surface area contributed by atoms with Crippen LogP contribution in [0.1, 0.15) is 31.1 Å². The van der Waals surface area contributed by atoms with Gasteiger partial charge in [-0.25, -0.2) is 0 Å². The number of phenols is 1. The number of azide groups is 1. The van der Waals surface area contributed by atoms with Crippen LogP contribution in [-0.4, -0.2) is 76.3 Å². The van der Waals surface area contributed by atoms with Gasteiger partial charge in [-0.3, -0.25) is 14.4 Å². The van der Waals surface area contributed by atoms with Crippen molar-refractivity contribution in [3.63, 3.8) is 0 Å². The second-order valence-corrected chi connectivity index (χ2v) is 5.29. The molecule has 0 atom stereocenters. The topological polar surface area (TPSA) is 160 Å². The Hall–Kier alpha value is -2.98. The second kappa shape index (κ2) is 14.1. The molecule has 0 heterocycles. The Kier molecular flexibility index (Phi) is 11.6. The van der Waals surface area contributed by atoms with Crippen LogP contribution in [0.5, 0.6) is 5.75 Å². The molecule has 0 bridgehead atoms. The molecule has 0 fully saturated rings. The third kappa shape index (κ3) is 8.60. The van der Waals surface area contributed by atoms with Crippen molar-refractivity contribution in [2.45, 2.75) is 0 Å². The summed E-state index contributed by atoms with van der Waals surface area (Å²) >= 11 is 0. The molecule has 0 unspecified atom stereocenters. The van der Waals surface area contributed by atoms with Gasteiger partial charge in [0.1, 0.15) is 5.75 Å². The van der Waals surface area contributed by atoms with Crippen molar-refractivity contribution in [2.24, 2.45) is 5.11 Å². The molecule has 152 valence electrons. The average Bonchev–Trinajstić information content (AvgIpc) is 2.71. The summed E-state index contributed by atoms with van der Waals surface area (Å²) in [6, 6.07) is 2.40. The van der Waals surface area contributed by atoms with Crippen molar-refractivity contribution in [3.05, 3.63) is 39.3 Å². The van der Waals surface area contributed by atoms with Crippen molar-refractivity contribution in [2.75, 3.05) is 52.7 Å². The highest BCUT2D eigenvalue weighted by Crippen LogP contribution is 2.21. The van der Waals surface area contributed by atoms with Gasteiger partial charge in [-0.1, -0.05) is 5.11 Å². The number of benzene rings is 1. The van der Waals surface area contributed by atoms with Crippen molar-refractivity contribution >= 4 is 18.5 Å². The first-order valence-corrected chi connectivity index (χ1v) is 8.43. The van der Waals surface area contributed by atoms with Crippen molar-refractivity contribution in [3.8, 4) is 5.75 Å². The van der Waals surface area contributed by atoms with Crippen LogP contribution in [0.3, 0.4) is 0 Å². The van der Waals surface area contributed by atoms with Crippen LogP contribution in [0.4, 0.5) is 0 Å². The van der Waals surface area contributed by atoms with Gasteiger partial charge in [0.15, 0.2) is 12.6 Å². The summed E-state index contributed by atoms with van der Waals surface area (Å²) in [5.74, 6) is -0.949. The summed E-state index contributed by atoms with van der Waals surface area (Å²) in [6.45, 7) is 2.54. The maximum atomic E-state index is 12.0. The molecule has 0 spiro atoms. The SMILES string of the molecule is [N-]=[N+]=NCCOCCOCCOCCNC(=O)c1cc(C=O)c(O)c(C=O)c1. The molecule has 1 amide bonds. The number of hydrogen-bond acceptors (Lipinski definition) is 8. The molecule has 0 aliphatic rings. The van der Waals surface area contributed by atoms with Crippen LogP contribution in [0.15, 0.2) is 17.2 Å². The standard InChI is InChI=1S/C17H22N4O7/c18-21-20-2-4-27-6-8-28-7-5-26-3-1-19-17(25)13-9-14(11-22)16(24)15(10-13)12-23/h9-12,24H,1-8H2,(H,19,25). The number of aromatic hydroxyl groups is 1. The Balaban J connectivity index is 2.15. The zero-order valence-corrected chi connectivity index (χ0v) is 15.2. The molecule has 0 radical (unpaired) electrons. The number of ether oxygens (including phenoxy) is 3. The van der Waals surface area contributed by atoms with E-state index in [9.17, 15) is 19.5 Å². The fourth-order valence-corrected chi connectivity index (χ4v) is 2.02. The predicted molar refractivity (Wildman–Crippen MR) is 97.7 cm³/mol. The number of carbonyl (C=O) groups excluding carboxylic acids is 3. The molecule has 1 rings (SSSR count). The first-order chi connectivity index (χ1) is 13.6. The van der Waals surface area contributed by atoms with E-state index in [1.807, 2.05) is 0 Å². The summed E-state index contributed by atoms with van der Waals surface area (Å²) in [6.07, 6.45) is 0.737. The van der Waals surface area contributed by atoms with Crippen molar-refractivity contribution in [1.82, 2.24) is 5.32 Å². The fourth-order valence-electron chi connectivity index (χ4n) is 2.02. The van der Waals surface area contributed by atoms with E-state index in [1.165, 1.54) is 12.1 Å². The average molecular weight is 394 g/mol. The van der Waals surface area contributed by atoms with Crippen molar-refractivity contribution < 1.29 is 33.7 Å². The third-order valence-electron chi connectivity index (χ3n) is 3.36. The Morgan fingerprint density at radius 1 is 1.04 bits per heavy atom. The van der Waals surface area contributed by atoms with Gasteiger partial charge < -0.3 is 24.6 Å². The van der Waals surface area contributed by atoms with Gasteiger partial charge >= 0.3 is 0 Å². The molecule has 1 aromatic carbocycles. The molecule has 28 heavy (non-hydrogen) atoms. The smallest absolute Gasteiger partial charge is 0.251 e. The van der Waals surface area contributed by atoms with Crippen LogP contribution in [0.25, 0.3) is 10.4 Å². The van der Waals surface area contributed by atoms with Gasteiger partial charge in [0.2, 0.25) is 0 Å². The minimum atomic E-state index is -0.496. The maximum absolute atomic E-state index is 12.0. The Bertz CT molecular complexity index is 676. The number of phenolic OH excluding ortho intramolecular Hbond substituents is 1. The van der Waals surface area contributed by atoms with Gasteiger partial charge in [0, 0.05) is 23.6 Å². The molecule has 2 N–H and O–H groups in total. The van der Waals surface area contributed by atoms with Crippen LogP contribution in [-0.2, 0) is 14.2 Å². The molecule has 0 aliphatic carbocycles. The minimum absolute atomic E-state index is 0.0887. The van der Waals surface area contributed by atoms with Crippen LogP contribution in [0.2, 0.25) is 0 Å². The van der Waals surface area contributed by atoms with E-state index < -0.39 is 11.7 Å². The second-order valence-electron chi connectivity index (χ2n) is 5.29. The van der Waals surface area contributed by atoms with Crippen LogP contribution >= 0.6 is 0 Å². The molecule has 1 aromatic rings. The van der Waals surface area contributed by atoms with Gasteiger partial charge in [-0.15, -0.1) is 0 Å². The van der Waals surface area contributed by atoms with Crippen LogP contribution in [0, 0.1) is 0 Å². The van der Waals surface area contributed by atoms with E-state index in [2.05, 4.69) is 15.3 Å². The number of aldehydes is 2. The van der Waals surface area contributed by atoms with Crippen LogP contribution < -0.4 is 5.32 Å². The number of amides is 1. The van der Waals surface area contributed by atoms with Gasteiger partial charge in [0.05, 0.1) is 50.8 Å². The fraction of sp³-hybridized carbons (Fsp3) is 0.471. The highest BCUT2D eigenvalue weighted by Gasteiger charge is 2.13.